The third-order valence-corrected chi connectivity index (χ3v) is 5.44. The van der Waals surface area contributed by atoms with Gasteiger partial charge >= 0.3 is 0 Å². The summed E-state index contributed by atoms with van der Waals surface area (Å²) in [4.78, 5) is 27.0. The van der Waals surface area contributed by atoms with Gasteiger partial charge in [0.25, 0.3) is 0 Å². The smallest absolute Gasteiger partial charge is 0.181 e. The zero-order valence-corrected chi connectivity index (χ0v) is 15.1. The van der Waals surface area contributed by atoms with Gasteiger partial charge in [-0.05, 0) is 62.4 Å². The monoisotopic (exact) mass is 348 g/mol. The van der Waals surface area contributed by atoms with Crippen LogP contribution in [0.5, 0.6) is 0 Å². The van der Waals surface area contributed by atoms with Crippen LogP contribution in [0.25, 0.3) is 11.0 Å². The van der Waals surface area contributed by atoms with Crippen LogP contribution in [0.1, 0.15) is 35.7 Å². The number of carbonyl (C=O) groups excluding carboxylic acids is 1. The lowest BCUT2D eigenvalue weighted by Crippen LogP contribution is -2.45. The van der Waals surface area contributed by atoms with Gasteiger partial charge in [-0.1, -0.05) is 6.07 Å². The van der Waals surface area contributed by atoms with Crippen molar-refractivity contribution in [3.8, 4) is 0 Å². The lowest BCUT2D eigenvalue weighted by atomic mass is 9.90. The maximum absolute atomic E-state index is 13.1. The molecule has 0 saturated carbocycles. The number of hydrogen-bond acceptors (Lipinski definition) is 4. The number of aromatic nitrogens is 3. The van der Waals surface area contributed by atoms with Crippen molar-refractivity contribution in [3.05, 3.63) is 60.2 Å². The summed E-state index contributed by atoms with van der Waals surface area (Å²) in [7, 11) is 0. The number of H-pyrrole nitrogens is 1. The van der Waals surface area contributed by atoms with Crippen LogP contribution in [0.15, 0.2) is 49.1 Å². The van der Waals surface area contributed by atoms with E-state index in [0.29, 0.717) is 5.92 Å². The van der Waals surface area contributed by atoms with Crippen LogP contribution in [-0.2, 0) is 6.42 Å². The van der Waals surface area contributed by atoms with E-state index < -0.39 is 0 Å². The number of nitrogens with zero attached hydrogens (tertiary/aromatic N) is 3. The number of ketones is 1. The van der Waals surface area contributed by atoms with E-state index in [4.69, 9.17) is 0 Å². The average molecular weight is 348 g/mol. The second kappa shape index (κ2) is 7.38. The number of hydrogen-bond donors (Lipinski definition) is 1. The molecule has 26 heavy (non-hydrogen) atoms. The maximum atomic E-state index is 13.1. The minimum absolute atomic E-state index is 0.120. The Kier molecular flexibility index (Phi) is 4.80. The molecule has 1 aliphatic rings. The molecule has 2 unspecified atom stereocenters. The van der Waals surface area contributed by atoms with Gasteiger partial charge < -0.3 is 4.98 Å². The lowest BCUT2D eigenvalue weighted by Gasteiger charge is -2.36. The Labute approximate surface area is 153 Å². The highest BCUT2D eigenvalue weighted by Crippen LogP contribution is 2.25. The molecule has 0 aliphatic carbocycles. The number of nitrogens with one attached hydrogen (secondary N) is 1. The number of pyridine rings is 2. The summed E-state index contributed by atoms with van der Waals surface area (Å²) in [6, 6.07) is 7.85. The molecule has 2 atom stereocenters. The third-order valence-electron chi connectivity index (χ3n) is 5.44. The molecule has 4 rings (SSSR count). The van der Waals surface area contributed by atoms with Gasteiger partial charge in [-0.3, -0.25) is 14.7 Å². The van der Waals surface area contributed by atoms with Gasteiger partial charge in [0.1, 0.15) is 5.65 Å². The zero-order chi connectivity index (χ0) is 17.9. The summed E-state index contributed by atoms with van der Waals surface area (Å²) in [6.07, 6.45) is 10.7. The Bertz CT molecular complexity index is 889. The van der Waals surface area contributed by atoms with Gasteiger partial charge in [-0.25, -0.2) is 4.98 Å². The highest BCUT2D eigenvalue weighted by Gasteiger charge is 2.29. The Morgan fingerprint density at radius 2 is 2.23 bits per heavy atom. The van der Waals surface area contributed by atoms with Crippen molar-refractivity contribution in [2.24, 2.45) is 5.92 Å². The summed E-state index contributed by atoms with van der Waals surface area (Å²) >= 11 is 0. The molecule has 4 heterocycles. The third kappa shape index (κ3) is 3.40. The first kappa shape index (κ1) is 16.9. The molecule has 1 fully saturated rings. The average Bonchev–Trinajstić information content (AvgIpc) is 3.12. The summed E-state index contributed by atoms with van der Waals surface area (Å²) in [5, 5.41) is 0.910. The number of piperidine rings is 1. The van der Waals surface area contributed by atoms with Crippen LogP contribution < -0.4 is 0 Å². The number of likely N-dealkylation sites (tertiary alicyclic amines) is 1. The molecule has 1 aliphatic heterocycles. The molecule has 5 nitrogen and oxygen atoms in total. The standard InChI is InChI=1S/C21H24N4O/c1-15(20(26)19-13-24-21-18(19)7-3-9-23-21)25-10-4-6-17(14-25)11-16-5-2-8-22-12-16/h2-3,5,7-9,12-13,15,17H,4,6,10-11,14H2,1H3,(H,23,24). The first-order valence-electron chi connectivity index (χ1n) is 9.31. The van der Waals surface area contributed by atoms with E-state index in [-0.39, 0.29) is 11.8 Å². The van der Waals surface area contributed by atoms with Crippen molar-refractivity contribution in [2.75, 3.05) is 13.1 Å². The fraction of sp³-hybridized carbons (Fsp3) is 0.381. The highest BCUT2D eigenvalue weighted by atomic mass is 16.1. The molecule has 3 aromatic heterocycles. The summed E-state index contributed by atoms with van der Waals surface area (Å²) < 4.78 is 0. The highest BCUT2D eigenvalue weighted by molar-refractivity contribution is 6.09. The molecule has 5 heteroatoms. The predicted octanol–water partition coefficient (Wildman–Crippen LogP) is 3.48. The number of aromatic amines is 1. The van der Waals surface area contributed by atoms with Crippen molar-refractivity contribution in [3.63, 3.8) is 0 Å². The first-order valence-corrected chi connectivity index (χ1v) is 9.31. The minimum Gasteiger partial charge on any atom is -0.345 e. The molecule has 134 valence electrons. The summed E-state index contributed by atoms with van der Waals surface area (Å²) in [5.41, 5.74) is 2.80. The second-order valence-electron chi connectivity index (χ2n) is 7.21. The van der Waals surface area contributed by atoms with Gasteiger partial charge in [0, 0.05) is 42.3 Å². The van der Waals surface area contributed by atoms with Crippen LogP contribution in [0.3, 0.4) is 0 Å². The van der Waals surface area contributed by atoms with Crippen molar-refractivity contribution in [1.82, 2.24) is 19.9 Å². The molecule has 0 radical (unpaired) electrons. The van der Waals surface area contributed by atoms with Crippen molar-refractivity contribution in [2.45, 2.75) is 32.2 Å². The van der Waals surface area contributed by atoms with Gasteiger partial charge in [0.05, 0.1) is 6.04 Å². The van der Waals surface area contributed by atoms with Gasteiger partial charge in [-0.15, -0.1) is 0 Å². The fourth-order valence-corrected chi connectivity index (χ4v) is 4.02. The number of fused-ring (bicyclic) bond motifs is 1. The van der Waals surface area contributed by atoms with Crippen molar-refractivity contribution >= 4 is 16.8 Å². The zero-order valence-electron chi connectivity index (χ0n) is 15.1. The van der Waals surface area contributed by atoms with E-state index in [1.807, 2.05) is 37.5 Å². The molecular weight excluding hydrogens is 324 g/mol. The topological polar surface area (TPSA) is 61.9 Å². The van der Waals surface area contributed by atoms with E-state index in [0.717, 1.165) is 42.5 Å². The molecule has 1 N–H and O–H groups in total. The van der Waals surface area contributed by atoms with Crippen LogP contribution in [0.4, 0.5) is 0 Å². The Morgan fingerprint density at radius 3 is 3.08 bits per heavy atom. The van der Waals surface area contributed by atoms with E-state index in [1.54, 1.807) is 12.4 Å². The van der Waals surface area contributed by atoms with Gasteiger partial charge in [0.15, 0.2) is 5.78 Å². The molecule has 0 bridgehead atoms. The SMILES string of the molecule is CC(C(=O)c1c[nH]c2ncccc12)N1CCCC(Cc2cccnc2)C1. The first-order chi connectivity index (χ1) is 12.7. The van der Waals surface area contributed by atoms with Gasteiger partial charge in [-0.2, -0.15) is 0 Å². The van der Waals surface area contributed by atoms with Gasteiger partial charge in [0.2, 0.25) is 0 Å². The molecule has 0 spiro atoms. The molecule has 0 amide bonds. The number of rotatable bonds is 5. The van der Waals surface area contributed by atoms with Crippen molar-refractivity contribution < 1.29 is 4.79 Å². The molecule has 3 aromatic rings. The molecule has 1 saturated heterocycles. The van der Waals surface area contributed by atoms with E-state index >= 15 is 0 Å². The second-order valence-corrected chi connectivity index (χ2v) is 7.21. The van der Waals surface area contributed by atoms with Crippen LogP contribution >= 0.6 is 0 Å². The van der Waals surface area contributed by atoms with Crippen LogP contribution in [0, 0.1) is 5.92 Å². The van der Waals surface area contributed by atoms with Crippen LogP contribution in [0.2, 0.25) is 0 Å². The summed E-state index contributed by atoms with van der Waals surface area (Å²) in [6.45, 7) is 3.98. The largest absolute Gasteiger partial charge is 0.345 e. The number of Topliss-reactive ketones (excluding diaryl/α,β-unsaturated/α-hetero) is 1. The summed E-state index contributed by atoms with van der Waals surface area (Å²) in [5.74, 6) is 0.749. The fourth-order valence-electron chi connectivity index (χ4n) is 4.02. The van der Waals surface area contributed by atoms with E-state index in [9.17, 15) is 4.79 Å². The van der Waals surface area contributed by atoms with E-state index in [2.05, 4.69) is 25.9 Å². The number of carbonyl (C=O) groups is 1. The minimum atomic E-state index is -0.120. The maximum Gasteiger partial charge on any atom is 0.181 e. The Balaban J connectivity index is 1.47. The van der Waals surface area contributed by atoms with E-state index in [1.165, 1.54) is 12.0 Å². The lowest BCUT2D eigenvalue weighted by molar-refractivity contribution is 0.0754. The molecular formula is C21H24N4O. The predicted molar refractivity (Wildman–Crippen MR) is 102 cm³/mol. The van der Waals surface area contributed by atoms with Crippen LogP contribution in [-0.4, -0.2) is 44.8 Å². The normalized spacial score (nSPS) is 19.5. The Morgan fingerprint density at radius 1 is 1.35 bits per heavy atom. The quantitative estimate of drug-likeness (QED) is 0.717. The van der Waals surface area contributed by atoms with Crippen molar-refractivity contribution in [1.29, 1.82) is 0 Å². The molecule has 0 aromatic carbocycles. The Hall–Kier alpha value is -2.53.